The van der Waals surface area contributed by atoms with E-state index in [9.17, 15) is 0 Å². The summed E-state index contributed by atoms with van der Waals surface area (Å²) in [5, 5.41) is 3.63. The van der Waals surface area contributed by atoms with Crippen LogP contribution in [0.2, 0.25) is 0 Å². The zero-order valence-corrected chi connectivity index (χ0v) is 16.7. The highest BCUT2D eigenvalue weighted by atomic mass is 16.5. The second-order valence-electron chi connectivity index (χ2n) is 7.57. The summed E-state index contributed by atoms with van der Waals surface area (Å²) < 4.78 is 10.9. The minimum atomic E-state index is 0.589. The van der Waals surface area contributed by atoms with Crippen molar-refractivity contribution in [1.82, 2.24) is 20.0 Å². The molecule has 1 aromatic rings. The lowest BCUT2D eigenvalue weighted by Crippen LogP contribution is -2.64. The smallest absolute Gasteiger partial charge is 0.194 e. The molecule has 1 unspecified atom stereocenters. The summed E-state index contributed by atoms with van der Waals surface area (Å²) in [4.78, 5) is 12.1. The van der Waals surface area contributed by atoms with Crippen molar-refractivity contribution in [3.63, 3.8) is 0 Å². The lowest BCUT2D eigenvalue weighted by atomic mass is 9.99. The molecule has 27 heavy (non-hydrogen) atoms. The molecule has 1 atom stereocenters. The van der Waals surface area contributed by atoms with Gasteiger partial charge in [-0.3, -0.25) is 14.8 Å². The van der Waals surface area contributed by atoms with Gasteiger partial charge in [0.1, 0.15) is 0 Å². The van der Waals surface area contributed by atoms with Gasteiger partial charge in [-0.1, -0.05) is 0 Å². The molecule has 7 nitrogen and oxygen atoms in total. The predicted octanol–water partition coefficient (Wildman–Crippen LogP) is 0.637. The Labute approximate surface area is 161 Å². The van der Waals surface area contributed by atoms with Crippen molar-refractivity contribution in [1.29, 1.82) is 0 Å². The maximum atomic E-state index is 5.48. The number of hydrogen-bond acceptors (Lipinski definition) is 5. The van der Waals surface area contributed by atoms with Crippen LogP contribution in [0.25, 0.3) is 0 Å². The average Bonchev–Trinajstić information content (AvgIpc) is 2.73. The number of benzene rings is 1. The summed E-state index contributed by atoms with van der Waals surface area (Å²) in [6.07, 6.45) is 0.986. The largest absolute Gasteiger partial charge is 0.493 e. The number of methoxy groups -OCH3 is 2. The highest BCUT2D eigenvalue weighted by molar-refractivity contribution is 5.80. The fraction of sp³-hybridized carbons (Fsp3) is 0.650. The zero-order chi connectivity index (χ0) is 18.8. The molecule has 5 rings (SSSR count). The van der Waals surface area contributed by atoms with E-state index < -0.39 is 0 Å². The first-order valence-electron chi connectivity index (χ1n) is 9.87. The number of nitrogens with zero attached hydrogens (tertiary/aromatic N) is 4. The first-order valence-corrected chi connectivity index (χ1v) is 9.87. The number of guanidine groups is 1. The molecule has 0 spiro atoms. The van der Waals surface area contributed by atoms with Crippen molar-refractivity contribution in [3.8, 4) is 11.5 Å². The van der Waals surface area contributed by atoms with E-state index in [0.717, 1.165) is 43.5 Å². The maximum absolute atomic E-state index is 5.48. The molecule has 148 valence electrons. The molecule has 3 fully saturated rings. The van der Waals surface area contributed by atoms with Gasteiger partial charge in [0.25, 0.3) is 0 Å². The quantitative estimate of drug-likeness (QED) is 0.617. The molecule has 0 aromatic heterocycles. The van der Waals surface area contributed by atoms with Gasteiger partial charge < -0.3 is 19.7 Å². The minimum Gasteiger partial charge on any atom is -0.493 e. The van der Waals surface area contributed by atoms with Crippen LogP contribution in [0.3, 0.4) is 0 Å². The van der Waals surface area contributed by atoms with Crippen LogP contribution in [0.15, 0.2) is 17.1 Å². The number of piperazine rings is 3. The van der Waals surface area contributed by atoms with Gasteiger partial charge in [0, 0.05) is 65.4 Å². The van der Waals surface area contributed by atoms with Crippen molar-refractivity contribution in [2.75, 3.05) is 67.1 Å². The minimum absolute atomic E-state index is 0.589. The molecule has 7 heteroatoms. The van der Waals surface area contributed by atoms with Crippen LogP contribution in [-0.4, -0.2) is 93.8 Å². The second kappa shape index (κ2) is 7.94. The maximum Gasteiger partial charge on any atom is 0.194 e. The van der Waals surface area contributed by atoms with Crippen LogP contribution in [0.4, 0.5) is 0 Å². The van der Waals surface area contributed by atoms with Crippen molar-refractivity contribution >= 4 is 5.96 Å². The molecule has 2 bridgehead atoms. The third-order valence-corrected chi connectivity index (χ3v) is 6.12. The molecule has 4 aliphatic rings. The highest BCUT2D eigenvalue weighted by Gasteiger charge is 2.32. The van der Waals surface area contributed by atoms with E-state index in [2.05, 4.69) is 37.1 Å². The van der Waals surface area contributed by atoms with Gasteiger partial charge in [0.05, 0.1) is 14.2 Å². The Balaban J connectivity index is 1.41. The van der Waals surface area contributed by atoms with Crippen molar-refractivity contribution < 1.29 is 9.47 Å². The van der Waals surface area contributed by atoms with Crippen LogP contribution in [-0.2, 0) is 13.0 Å². The van der Waals surface area contributed by atoms with Crippen LogP contribution in [0.5, 0.6) is 11.5 Å². The number of rotatable bonds is 4. The lowest BCUT2D eigenvalue weighted by molar-refractivity contribution is 0.0152. The number of aliphatic imine (C=N–C) groups is 1. The van der Waals surface area contributed by atoms with Gasteiger partial charge in [0.15, 0.2) is 17.5 Å². The van der Waals surface area contributed by atoms with Crippen molar-refractivity contribution in [2.45, 2.75) is 19.0 Å². The summed E-state index contributed by atoms with van der Waals surface area (Å²) in [7, 11) is 5.26. The number of fused-ring (bicyclic) bond motifs is 4. The Bertz CT molecular complexity index is 700. The Kier molecular flexibility index (Phi) is 5.41. The predicted molar refractivity (Wildman–Crippen MR) is 107 cm³/mol. The van der Waals surface area contributed by atoms with E-state index in [1.54, 1.807) is 14.2 Å². The average molecular weight is 374 g/mol. The molecular formula is C20H31N5O2. The van der Waals surface area contributed by atoms with Crippen LogP contribution in [0, 0.1) is 0 Å². The van der Waals surface area contributed by atoms with E-state index in [0.29, 0.717) is 6.04 Å². The van der Waals surface area contributed by atoms with E-state index >= 15 is 0 Å². The Morgan fingerprint density at radius 3 is 2.37 bits per heavy atom. The van der Waals surface area contributed by atoms with Gasteiger partial charge in [-0.05, 0) is 29.7 Å². The number of nitrogens with one attached hydrogen (secondary N) is 1. The summed E-state index contributed by atoms with van der Waals surface area (Å²) in [5.41, 5.74) is 2.62. The lowest BCUT2D eigenvalue weighted by Gasteiger charge is -2.47. The Morgan fingerprint density at radius 1 is 1.07 bits per heavy atom. The second-order valence-corrected chi connectivity index (χ2v) is 7.57. The van der Waals surface area contributed by atoms with Crippen molar-refractivity contribution in [2.24, 2.45) is 4.99 Å². The molecule has 0 amide bonds. The Morgan fingerprint density at radius 2 is 1.78 bits per heavy atom. The highest BCUT2D eigenvalue weighted by Crippen LogP contribution is 2.33. The number of ether oxygens (including phenoxy) is 2. The van der Waals surface area contributed by atoms with E-state index in [4.69, 9.17) is 9.47 Å². The molecule has 4 heterocycles. The summed E-state index contributed by atoms with van der Waals surface area (Å²) in [6, 6.07) is 4.81. The molecule has 0 radical (unpaired) electrons. The van der Waals surface area contributed by atoms with E-state index in [1.807, 2.05) is 7.05 Å². The van der Waals surface area contributed by atoms with E-state index in [-0.39, 0.29) is 0 Å². The molecule has 4 aliphatic heterocycles. The van der Waals surface area contributed by atoms with Crippen molar-refractivity contribution in [3.05, 3.63) is 23.3 Å². The fourth-order valence-electron chi connectivity index (χ4n) is 4.52. The number of hydrogen-bond donors (Lipinski definition) is 1. The summed E-state index contributed by atoms with van der Waals surface area (Å²) in [5.74, 6) is 2.60. The normalized spacial score (nSPS) is 27.3. The molecule has 0 saturated carbocycles. The zero-order valence-electron chi connectivity index (χ0n) is 16.7. The molecule has 0 aliphatic carbocycles. The summed E-state index contributed by atoms with van der Waals surface area (Å²) >= 11 is 0. The topological polar surface area (TPSA) is 52.6 Å². The van der Waals surface area contributed by atoms with Crippen LogP contribution < -0.4 is 14.8 Å². The first-order chi connectivity index (χ1) is 13.2. The third kappa shape index (κ3) is 3.71. The summed E-state index contributed by atoms with van der Waals surface area (Å²) in [6.45, 7) is 8.77. The molecule has 3 saturated heterocycles. The van der Waals surface area contributed by atoms with Crippen LogP contribution in [0.1, 0.15) is 11.1 Å². The Hall–Kier alpha value is -1.99. The fourth-order valence-corrected chi connectivity index (χ4v) is 4.52. The SMILES string of the molecule is CN=C(NCC1CN2CCN1CC2)N1CCc2cc(OC)c(OC)cc2C1. The first kappa shape index (κ1) is 18.4. The standard InChI is InChI=1S/C20H31N5O2/c1-21-20(22-12-17-14-23-6-8-24(17)9-7-23)25-5-4-15-10-18(26-2)19(27-3)11-16(15)13-25/h10-11,17H,4-9,12-14H2,1-3H3,(H,21,22). The monoisotopic (exact) mass is 373 g/mol. The van der Waals surface area contributed by atoms with E-state index in [1.165, 1.54) is 43.9 Å². The van der Waals surface area contributed by atoms with Gasteiger partial charge in [-0.15, -0.1) is 0 Å². The van der Waals surface area contributed by atoms with Gasteiger partial charge >= 0.3 is 0 Å². The molecular weight excluding hydrogens is 342 g/mol. The molecule has 1 N–H and O–H groups in total. The van der Waals surface area contributed by atoms with Gasteiger partial charge in [-0.2, -0.15) is 0 Å². The molecule has 1 aromatic carbocycles. The van der Waals surface area contributed by atoms with Gasteiger partial charge in [-0.25, -0.2) is 0 Å². The third-order valence-electron chi connectivity index (χ3n) is 6.12. The van der Waals surface area contributed by atoms with Gasteiger partial charge in [0.2, 0.25) is 0 Å². The van der Waals surface area contributed by atoms with Crippen LogP contribution >= 0.6 is 0 Å².